The van der Waals surface area contributed by atoms with Gasteiger partial charge < -0.3 is 20.3 Å². The summed E-state index contributed by atoms with van der Waals surface area (Å²) >= 11 is 5.23. The zero-order chi connectivity index (χ0) is 13.5. The number of methoxy groups -OCH3 is 1. The van der Waals surface area contributed by atoms with Gasteiger partial charge in [0.05, 0.1) is 6.61 Å². The molecule has 0 aliphatic carbocycles. The lowest BCUT2D eigenvalue weighted by atomic mass is 9.93. The Hall–Kier alpha value is -0.390. The van der Waals surface area contributed by atoms with E-state index >= 15 is 0 Å². The van der Waals surface area contributed by atoms with Crippen molar-refractivity contribution in [1.82, 2.24) is 15.5 Å². The van der Waals surface area contributed by atoms with Crippen molar-refractivity contribution in [1.29, 1.82) is 0 Å². The van der Waals surface area contributed by atoms with Crippen LogP contribution in [0, 0.1) is 5.41 Å². The Balaban J connectivity index is 3.90. The minimum atomic E-state index is 0.194. The maximum Gasteiger partial charge on any atom is 0.166 e. The first-order valence-corrected chi connectivity index (χ1v) is 6.35. The van der Waals surface area contributed by atoms with Gasteiger partial charge in [-0.15, -0.1) is 0 Å². The average Bonchev–Trinajstić information content (AvgIpc) is 2.13. The topological polar surface area (TPSA) is 36.5 Å². The van der Waals surface area contributed by atoms with E-state index in [1.807, 2.05) is 6.92 Å². The average molecular weight is 261 g/mol. The summed E-state index contributed by atoms with van der Waals surface area (Å²) in [6.45, 7) is 9.03. The Labute approximate surface area is 111 Å². The quantitative estimate of drug-likeness (QED) is 0.671. The fourth-order valence-electron chi connectivity index (χ4n) is 1.80. The highest BCUT2D eigenvalue weighted by Gasteiger charge is 2.19. The normalized spacial score (nSPS) is 13.6. The lowest BCUT2D eigenvalue weighted by Crippen LogP contribution is -2.47. The summed E-state index contributed by atoms with van der Waals surface area (Å²) in [5, 5.41) is 7.14. The summed E-state index contributed by atoms with van der Waals surface area (Å²) in [6, 6.07) is 0.233. The van der Waals surface area contributed by atoms with Crippen LogP contribution in [0.2, 0.25) is 0 Å². The van der Waals surface area contributed by atoms with Gasteiger partial charge >= 0.3 is 0 Å². The number of ether oxygens (including phenoxy) is 1. The highest BCUT2D eigenvalue weighted by molar-refractivity contribution is 7.80. The summed E-state index contributed by atoms with van der Waals surface area (Å²) in [5.74, 6) is 0. The second-order valence-corrected chi connectivity index (χ2v) is 5.99. The molecule has 0 radical (unpaired) electrons. The molecule has 0 saturated heterocycles. The number of thiocarbonyl (C=S) groups is 1. The third-order valence-corrected chi connectivity index (χ3v) is 2.53. The molecule has 0 aliphatic rings. The Bertz CT molecular complexity index is 232. The number of hydrogen-bond donors (Lipinski definition) is 2. The molecule has 0 heterocycles. The summed E-state index contributed by atoms with van der Waals surface area (Å²) in [5.41, 5.74) is 0.194. The van der Waals surface area contributed by atoms with Gasteiger partial charge in [0.15, 0.2) is 5.11 Å². The van der Waals surface area contributed by atoms with E-state index in [1.54, 1.807) is 7.11 Å². The number of nitrogens with one attached hydrogen (secondary N) is 2. The molecule has 1 unspecified atom stereocenters. The molecule has 0 spiro atoms. The Morgan fingerprint density at radius 1 is 1.41 bits per heavy atom. The van der Waals surface area contributed by atoms with Crippen molar-refractivity contribution in [2.24, 2.45) is 5.41 Å². The van der Waals surface area contributed by atoms with E-state index in [0.717, 1.165) is 13.1 Å². The summed E-state index contributed by atoms with van der Waals surface area (Å²) in [4.78, 5) is 2.19. The van der Waals surface area contributed by atoms with Gasteiger partial charge in [-0.05, 0) is 38.7 Å². The number of hydrogen-bond acceptors (Lipinski definition) is 3. The van der Waals surface area contributed by atoms with Crippen LogP contribution in [0.15, 0.2) is 0 Å². The molecule has 17 heavy (non-hydrogen) atoms. The predicted molar refractivity (Wildman–Crippen MR) is 77.4 cm³/mol. The van der Waals surface area contributed by atoms with Crippen LogP contribution in [-0.4, -0.2) is 57.0 Å². The molecular weight excluding hydrogens is 234 g/mol. The lowest BCUT2D eigenvalue weighted by molar-refractivity contribution is 0.179. The van der Waals surface area contributed by atoms with Crippen molar-refractivity contribution in [3.05, 3.63) is 0 Å². The number of rotatable bonds is 7. The van der Waals surface area contributed by atoms with Crippen LogP contribution in [0.4, 0.5) is 0 Å². The monoisotopic (exact) mass is 261 g/mol. The van der Waals surface area contributed by atoms with Gasteiger partial charge in [-0.1, -0.05) is 13.8 Å². The van der Waals surface area contributed by atoms with Crippen LogP contribution in [0.1, 0.15) is 20.8 Å². The van der Waals surface area contributed by atoms with Gasteiger partial charge in [0, 0.05) is 26.2 Å². The molecule has 0 rings (SSSR count). The first-order chi connectivity index (χ1) is 7.76. The minimum absolute atomic E-state index is 0.194. The molecular formula is C12H27N3OS. The maximum absolute atomic E-state index is 5.23. The van der Waals surface area contributed by atoms with Crippen LogP contribution in [-0.2, 0) is 4.74 Å². The van der Waals surface area contributed by atoms with E-state index in [-0.39, 0.29) is 11.5 Å². The minimum Gasteiger partial charge on any atom is -0.383 e. The molecule has 0 aromatic heterocycles. The zero-order valence-electron chi connectivity index (χ0n) is 12.0. The van der Waals surface area contributed by atoms with E-state index < -0.39 is 0 Å². The van der Waals surface area contributed by atoms with Crippen LogP contribution in [0.3, 0.4) is 0 Å². The smallest absolute Gasteiger partial charge is 0.166 e. The molecule has 0 aromatic carbocycles. The molecule has 0 aliphatic heterocycles. The van der Waals surface area contributed by atoms with Crippen LogP contribution in [0.25, 0.3) is 0 Å². The lowest BCUT2D eigenvalue weighted by Gasteiger charge is -2.29. The second-order valence-electron chi connectivity index (χ2n) is 5.59. The van der Waals surface area contributed by atoms with Crippen LogP contribution in [0.5, 0.6) is 0 Å². The van der Waals surface area contributed by atoms with Crippen molar-refractivity contribution < 1.29 is 4.74 Å². The van der Waals surface area contributed by atoms with E-state index in [4.69, 9.17) is 17.0 Å². The Morgan fingerprint density at radius 2 is 2.00 bits per heavy atom. The molecule has 0 fully saturated rings. The van der Waals surface area contributed by atoms with Crippen LogP contribution >= 0.6 is 12.2 Å². The summed E-state index contributed by atoms with van der Waals surface area (Å²) < 4.78 is 5.05. The summed E-state index contributed by atoms with van der Waals surface area (Å²) in [6.07, 6.45) is 0. The second kappa shape index (κ2) is 7.84. The molecule has 4 nitrogen and oxygen atoms in total. The highest BCUT2D eigenvalue weighted by Crippen LogP contribution is 2.13. The molecule has 0 saturated carbocycles. The van der Waals surface area contributed by atoms with Crippen molar-refractivity contribution in [3.63, 3.8) is 0 Å². The molecule has 0 bridgehead atoms. The van der Waals surface area contributed by atoms with Crippen molar-refractivity contribution in [2.75, 3.05) is 40.9 Å². The fourth-order valence-corrected chi connectivity index (χ4v) is 2.07. The largest absolute Gasteiger partial charge is 0.383 e. The Kier molecular flexibility index (Phi) is 7.66. The SMILES string of the molecule is COCC(C)NC(=S)NCC(C)(C)CN(C)C. The first-order valence-electron chi connectivity index (χ1n) is 5.95. The van der Waals surface area contributed by atoms with Crippen molar-refractivity contribution in [3.8, 4) is 0 Å². The van der Waals surface area contributed by atoms with E-state index in [2.05, 4.69) is 43.5 Å². The van der Waals surface area contributed by atoms with E-state index in [9.17, 15) is 0 Å². The molecule has 102 valence electrons. The van der Waals surface area contributed by atoms with Gasteiger partial charge in [-0.3, -0.25) is 0 Å². The van der Waals surface area contributed by atoms with Crippen LogP contribution < -0.4 is 10.6 Å². The number of nitrogens with zero attached hydrogens (tertiary/aromatic N) is 1. The van der Waals surface area contributed by atoms with Crippen molar-refractivity contribution in [2.45, 2.75) is 26.8 Å². The highest BCUT2D eigenvalue weighted by atomic mass is 32.1. The van der Waals surface area contributed by atoms with Gasteiger partial charge in [-0.25, -0.2) is 0 Å². The van der Waals surface area contributed by atoms with Gasteiger partial charge in [0.1, 0.15) is 0 Å². The van der Waals surface area contributed by atoms with Gasteiger partial charge in [0.2, 0.25) is 0 Å². The third kappa shape index (κ3) is 9.32. The third-order valence-electron chi connectivity index (χ3n) is 2.27. The zero-order valence-corrected chi connectivity index (χ0v) is 12.8. The molecule has 5 heteroatoms. The summed E-state index contributed by atoms with van der Waals surface area (Å²) in [7, 11) is 5.85. The van der Waals surface area contributed by atoms with Gasteiger partial charge in [-0.2, -0.15) is 0 Å². The molecule has 0 aromatic rings. The molecule has 1 atom stereocenters. The van der Waals surface area contributed by atoms with E-state index in [0.29, 0.717) is 11.7 Å². The van der Waals surface area contributed by atoms with E-state index in [1.165, 1.54) is 0 Å². The first kappa shape index (κ1) is 16.6. The standard InChI is InChI=1S/C12H27N3OS/c1-10(7-16-6)14-11(17)13-8-12(2,3)9-15(4)5/h10H,7-9H2,1-6H3,(H2,13,14,17). The Morgan fingerprint density at radius 3 is 2.47 bits per heavy atom. The molecule has 2 N–H and O–H groups in total. The fraction of sp³-hybridized carbons (Fsp3) is 0.917. The van der Waals surface area contributed by atoms with Gasteiger partial charge in [0.25, 0.3) is 0 Å². The maximum atomic E-state index is 5.23. The van der Waals surface area contributed by atoms with Crippen molar-refractivity contribution >= 4 is 17.3 Å². The predicted octanol–water partition coefficient (Wildman–Crippen LogP) is 1.07. The molecule has 0 amide bonds.